The lowest BCUT2D eigenvalue weighted by Crippen LogP contribution is -2.39. The van der Waals surface area contributed by atoms with Crippen molar-refractivity contribution in [1.29, 1.82) is 0 Å². The molecule has 0 aliphatic carbocycles. The van der Waals surface area contributed by atoms with Gasteiger partial charge in [0.2, 0.25) is 5.76 Å². The van der Waals surface area contributed by atoms with Gasteiger partial charge in [0, 0.05) is 30.5 Å². The van der Waals surface area contributed by atoms with Gasteiger partial charge in [-0.2, -0.15) is 0 Å². The molecule has 0 saturated carbocycles. The van der Waals surface area contributed by atoms with Gasteiger partial charge in [0.05, 0.1) is 22.5 Å². The van der Waals surface area contributed by atoms with Crippen molar-refractivity contribution >= 4 is 22.7 Å². The summed E-state index contributed by atoms with van der Waals surface area (Å²) in [7, 11) is 0. The molecule has 1 aliphatic heterocycles. The first-order valence-corrected chi connectivity index (χ1v) is 9.61. The SMILES string of the molecule is CCc1cc(C(=O)N2CCCC(c3nc4ccc(F)cc4cc3C(N)=O)C2)on1. The number of nitrogens with two attached hydrogens (primary N) is 1. The molecule has 1 aromatic carbocycles. The number of likely N-dealkylation sites (tertiary alicyclic amines) is 1. The second-order valence-corrected chi connectivity index (χ2v) is 7.25. The minimum atomic E-state index is -0.620. The summed E-state index contributed by atoms with van der Waals surface area (Å²) in [5.41, 5.74) is 7.68. The van der Waals surface area contributed by atoms with Gasteiger partial charge in [0.15, 0.2) is 0 Å². The maximum atomic E-state index is 13.6. The molecule has 1 saturated heterocycles. The number of piperidine rings is 1. The standard InChI is InChI=1S/C21H21FN4O3/c1-2-15-10-18(29-25-15)21(28)26-7-3-4-12(11-26)19-16(20(23)27)9-13-8-14(22)5-6-17(13)24-19/h5-6,8-10,12H,2-4,7,11H2,1H3,(H2,23,27). The molecule has 4 rings (SSSR count). The fourth-order valence-corrected chi connectivity index (χ4v) is 3.79. The van der Waals surface area contributed by atoms with Gasteiger partial charge in [0.25, 0.3) is 11.8 Å². The zero-order chi connectivity index (χ0) is 20.5. The molecule has 1 atom stereocenters. The number of amides is 2. The summed E-state index contributed by atoms with van der Waals surface area (Å²) in [5.74, 6) is -1.21. The van der Waals surface area contributed by atoms with Crippen LogP contribution in [0, 0.1) is 5.82 Å². The predicted molar refractivity (Wildman–Crippen MR) is 104 cm³/mol. The first-order chi connectivity index (χ1) is 14.0. The van der Waals surface area contributed by atoms with Crippen molar-refractivity contribution in [2.24, 2.45) is 5.73 Å². The summed E-state index contributed by atoms with van der Waals surface area (Å²) in [4.78, 5) is 31.2. The number of hydrogen-bond donors (Lipinski definition) is 1. The van der Waals surface area contributed by atoms with Crippen LogP contribution in [-0.4, -0.2) is 39.9 Å². The van der Waals surface area contributed by atoms with Crippen LogP contribution in [0.5, 0.6) is 0 Å². The Balaban J connectivity index is 1.66. The minimum Gasteiger partial charge on any atom is -0.366 e. The highest BCUT2D eigenvalue weighted by molar-refractivity contribution is 5.98. The fourth-order valence-electron chi connectivity index (χ4n) is 3.79. The number of aryl methyl sites for hydroxylation is 1. The van der Waals surface area contributed by atoms with Crippen LogP contribution in [0.3, 0.4) is 0 Å². The van der Waals surface area contributed by atoms with E-state index in [1.54, 1.807) is 23.1 Å². The number of aromatic nitrogens is 2. The molecule has 3 heterocycles. The first-order valence-electron chi connectivity index (χ1n) is 9.61. The number of nitrogens with zero attached hydrogens (tertiary/aromatic N) is 3. The zero-order valence-corrected chi connectivity index (χ0v) is 16.0. The Morgan fingerprint density at radius 2 is 2.14 bits per heavy atom. The number of hydrogen-bond acceptors (Lipinski definition) is 5. The monoisotopic (exact) mass is 396 g/mol. The molecule has 3 aromatic rings. The summed E-state index contributed by atoms with van der Waals surface area (Å²) in [6, 6.07) is 7.46. The smallest absolute Gasteiger partial charge is 0.292 e. The second kappa shape index (κ2) is 7.62. The van der Waals surface area contributed by atoms with Crippen molar-refractivity contribution in [1.82, 2.24) is 15.0 Å². The average Bonchev–Trinajstić information content (AvgIpc) is 3.21. The van der Waals surface area contributed by atoms with E-state index in [1.165, 1.54) is 12.1 Å². The van der Waals surface area contributed by atoms with Gasteiger partial charge in [-0.25, -0.2) is 4.39 Å². The van der Waals surface area contributed by atoms with Gasteiger partial charge in [-0.3, -0.25) is 14.6 Å². The number of pyridine rings is 1. The quantitative estimate of drug-likeness (QED) is 0.730. The molecule has 1 fully saturated rings. The molecule has 0 bridgehead atoms. The Hall–Kier alpha value is -3.29. The molecule has 150 valence electrons. The number of rotatable bonds is 4. The Morgan fingerprint density at radius 1 is 1.31 bits per heavy atom. The van der Waals surface area contributed by atoms with Gasteiger partial charge in [-0.1, -0.05) is 12.1 Å². The van der Waals surface area contributed by atoms with E-state index in [0.29, 0.717) is 36.1 Å². The lowest BCUT2D eigenvalue weighted by atomic mass is 9.90. The number of fused-ring (bicyclic) bond motifs is 1. The van der Waals surface area contributed by atoms with Crippen LogP contribution >= 0.6 is 0 Å². The van der Waals surface area contributed by atoms with Crippen LogP contribution < -0.4 is 5.73 Å². The van der Waals surface area contributed by atoms with E-state index in [2.05, 4.69) is 10.1 Å². The summed E-state index contributed by atoms with van der Waals surface area (Å²) in [6.07, 6.45) is 2.20. The topological polar surface area (TPSA) is 102 Å². The lowest BCUT2D eigenvalue weighted by molar-refractivity contribution is 0.0663. The molecule has 7 nitrogen and oxygen atoms in total. The van der Waals surface area contributed by atoms with Gasteiger partial charge in [0.1, 0.15) is 5.82 Å². The van der Waals surface area contributed by atoms with E-state index in [4.69, 9.17) is 10.3 Å². The maximum absolute atomic E-state index is 13.6. The summed E-state index contributed by atoms with van der Waals surface area (Å²) in [6.45, 7) is 2.91. The molecule has 29 heavy (non-hydrogen) atoms. The highest BCUT2D eigenvalue weighted by Gasteiger charge is 2.30. The number of carbonyl (C=O) groups excluding carboxylic acids is 2. The van der Waals surface area contributed by atoms with E-state index in [-0.39, 0.29) is 23.1 Å². The van der Waals surface area contributed by atoms with Gasteiger partial charge in [-0.15, -0.1) is 0 Å². The first kappa shape index (κ1) is 19.0. The highest BCUT2D eigenvalue weighted by atomic mass is 19.1. The molecular weight excluding hydrogens is 375 g/mol. The van der Waals surface area contributed by atoms with E-state index in [0.717, 1.165) is 18.5 Å². The van der Waals surface area contributed by atoms with E-state index < -0.39 is 11.7 Å². The molecule has 2 amide bonds. The molecule has 0 radical (unpaired) electrons. The summed E-state index contributed by atoms with van der Waals surface area (Å²) < 4.78 is 18.7. The fraction of sp³-hybridized carbons (Fsp3) is 0.333. The average molecular weight is 396 g/mol. The van der Waals surface area contributed by atoms with E-state index >= 15 is 0 Å². The molecule has 2 aromatic heterocycles. The predicted octanol–water partition coefficient (Wildman–Crippen LogP) is 3.04. The molecule has 8 heteroatoms. The lowest BCUT2D eigenvalue weighted by Gasteiger charge is -2.32. The zero-order valence-electron chi connectivity index (χ0n) is 16.0. The Bertz CT molecular complexity index is 1090. The van der Waals surface area contributed by atoms with Crippen LogP contribution in [0.15, 0.2) is 34.9 Å². The maximum Gasteiger partial charge on any atom is 0.292 e. The summed E-state index contributed by atoms with van der Waals surface area (Å²) >= 11 is 0. The third kappa shape index (κ3) is 3.70. The second-order valence-electron chi connectivity index (χ2n) is 7.25. The van der Waals surface area contributed by atoms with Gasteiger partial charge in [-0.05, 0) is 43.5 Å². The third-order valence-corrected chi connectivity index (χ3v) is 5.30. The van der Waals surface area contributed by atoms with Crippen molar-refractivity contribution < 1.29 is 18.5 Å². The normalized spacial score (nSPS) is 16.9. The van der Waals surface area contributed by atoms with Crippen molar-refractivity contribution in [2.75, 3.05) is 13.1 Å². The van der Waals surface area contributed by atoms with Crippen LogP contribution in [0.2, 0.25) is 0 Å². The van der Waals surface area contributed by atoms with Crippen molar-refractivity contribution in [3.63, 3.8) is 0 Å². The number of halogens is 1. The number of carbonyl (C=O) groups is 2. The Labute approximate surface area is 166 Å². The molecular formula is C21H21FN4O3. The largest absolute Gasteiger partial charge is 0.366 e. The third-order valence-electron chi connectivity index (χ3n) is 5.30. The van der Waals surface area contributed by atoms with Gasteiger partial charge >= 0.3 is 0 Å². The van der Waals surface area contributed by atoms with Crippen LogP contribution in [-0.2, 0) is 6.42 Å². The van der Waals surface area contributed by atoms with Crippen LogP contribution in [0.25, 0.3) is 10.9 Å². The van der Waals surface area contributed by atoms with Gasteiger partial charge < -0.3 is 15.2 Å². The van der Waals surface area contributed by atoms with E-state index in [9.17, 15) is 14.0 Å². The molecule has 2 N–H and O–H groups in total. The van der Waals surface area contributed by atoms with Crippen molar-refractivity contribution in [3.05, 3.63) is 58.9 Å². The number of benzene rings is 1. The number of primary amides is 1. The highest BCUT2D eigenvalue weighted by Crippen LogP contribution is 2.31. The van der Waals surface area contributed by atoms with Crippen molar-refractivity contribution in [2.45, 2.75) is 32.1 Å². The summed E-state index contributed by atoms with van der Waals surface area (Å²) in [5, 5.41) is 4.39. The molecule has 1 aliphatic rings. The van der Waals surface area contributed by atoms with E-state index in [1.807, 2.05) is 6.92 Å². The van der Waals surface area contributed by atoms with Crippen molar-refractivity contribution in [3.8, 4) is 0 Å². The molecule has 0 spiro atoms. The van der Waals surface area contributed by atoms with Crippen LogP contribution in [0.4, 0.5) is 4.39 Å². The molecule has 1 unspecified atom stereocenters. The Morgan fingerprint density at radius 3 is 2.86 bits per heavy atom. The Kier molecular flexibility index (Phi) is 5.00. The van der Waals surface area contributed by atoms with Crippen LogP contribution in [0.1, 0.15) is 58.0 Å². The minimum absolute atomic E-state index is 0.154.